The Morgan fingerprint density at radius 3 is 2.18 bits per heavy atom. The van der Waals surface area contributed by atoms with Gasteiger partial charge in [0.25, 0.3) is 0 Å². The first-order valence-electron chi connectivity index (χ1n) is 4.04. The van der Waals surface area contributed by atoms with Gasteiger partial charge in [-0.1, -0.05) is 0 Å². The Morgan fingerprint density at radius 2 is 1.71 bits per heavy atom. The summed E-state index contributed by atoms with van der Waals surface area (Å²) in [6, 6.07) is 8.05. The van der Waals surface area contributed by atoms with E-state index in [-0.39, 0.29) is 4.23 Å². The van der Waals surface area contributed by atoms with Crippen LogP contribution in [0.4, 0.5) is 13.2 Å². The molecule has 0 aliphatic heterocycles. The van der Waals surface area contributed by atoms with Crippen molar-refractivity contribution in [3.8, 4) is 0 Å². The van der Waals surface area contributed by atoms with Crippen LogP contribution in [-0.4, -0.2) is 18.2 Å². The summed E-state index contributed by atoms with van der Waals surface area (Å²) in [6.07, 6.45) is 0. The minimum absolute atomic E-state index is 0.0281. The molecule has 95 valence electrons. The van der Waals surface area contributed by atoms with E-state index in [0.29, 0.717) is 5.56 Å². The van der Waals surface area contributed by atoms with Gasteiger partial charge in [-0.05, 0) is 0 Å². The molecular weight excluding hydrogens is 348 g/mol. The molecule has 1 aromatic rings. The molecule has 0 saturated heterocycles. The number of hydrogen-bond acceptors (Lipinski definition) is 3. The van der Waals surface area contributed by atoms with Crippen molar-refractivity contribution in [2.45, 2.75) is 5.51 Å². The molecule has 0 unspecified atom stereocenters. The van der Waals surface area contributed by atoms with E-state index in [1.807, 2.05) is 0 Å². The molecule has 0 spiro atoms. The molecule has 0 N–H and O–H groups in total. The second-order valence-electron chi connectivity index (χ2n) is 2.74. The van der Waals surface area contributed by atoms with Gasteiger partial charge in [-0.25, -0.2) is 0 Å². The monoisotopic (exact) mass is 353 g/mol. The number of nitrogens with zero attached hydrogens (tertiary/aromatic N) is 2. The number of hydrogen-bond donors (Lipinski definition) is 0. The average molecular weight is 353 g/mol. The number of benzene rings is 1. The van der Waals surface area contributed by atoms with E-state index in [2.05, 4.69) is 27.5 Å². The number of sulfonamides is 1. The van der Waals surface area contributed by atoms with E-state index in [1.54, 1.807) is 30.3 Å². The van der Waals surface area contributed by atoms with Gasteiger partial charge in [0.2, 0.25) is 0 Å². The van der Waals surface area contributed by atoms with Gasteiger partial charge < -0.3 is 0 Å². The molecule has 0 aliphatic rings. The van der Waals surface area contributed by atoms with Crippen LogP contribution in [0.15, 0.2) is 40.0 Å². The van der Waals surface area contributed by atoms with Gasteiger partial charge in [0.05, 0.1) is 0 Å². The Kier molecular flexibility index (Phi) is 4.27. The van der Waals surface area contributed by atoms with E-state index < -0.39 is 15.5 Å². The fourth-order valence-electron chi connectivity index (χ4n) is 0.760. The summed E-state index contributed by atoms with van der Waals surface area (Å²) in [5.41, 5.74) is -4.99. The predicted molar refractivity (Wildman–Crippen MR) is 50.4 cm³/mol. The van der Waals surface area contributed by atoms with E-state index in [0.717, 1.165) is 0 Å². The molecule has 0 aromatic heterocycles. The molecular formula is C8H5F3N2O2RhS. The van der Waals surface area contributed by atoms with Gasteiger partial charge in [-0.15, -0.1) is 0 Å². The Morgan fingerprint density at radius 1 is 1.18 bits per heavy atom. The molecule has 0 amide bonds. The van der Waals surface area contributed by atoms with Crippen LogP contribution in [0.2, 0.25) is 0 Å². The first-order valence-corrected chi connectivity index (χ1v) is 6.30. The van der Waals surface area contributed by atoms with Crippen molar-refractivity contribution in [2.75, 3.05) is 0 Å². The maximum atomic E-state index is 11.9. The van der Waals surface area contributed by atoms with Gasteiger partial charge in [0.15, 0.2) is 0 Å². The maximum absolute atomic E-state index is 11.9. The summed E-state index contributed by atoms with van der Waals surface area (Å²) in [6.45, 7) is 0. The van der Waals surface area contributed by atoms with Crippen molar-refractivity contribution in [3.05, 3.63) is 35.9 Å². The first-order chi connectivity index (χ1) is 7.74. The van der Waals surface area contributed by atoms with Gasteiger partial charge in [0, 0.05) is 0 Å². The molecule has 0 heterocycles. The van der Waals surface area contributed by atoms with Crippen LogP contribution in [0.1, 0.15) is 5.56 Å². The molecule has 0 atom stereocenters. The Bertz CT molecular complexity index is 540. The fourth-order valence-corrected chi connectivity index (χ4v) is 1.50. The zero-order chi connectivity index (χ0) is 13.1. The summed E-state index contributed by atoms with van der Waals surface area (Å²) in [7, 11) is -5.58. The van der Waals surface area contributed by atoms with Crippen molar-refractivity contribution < 1.29 is 39.4 Å². The van der Waals surface area contributed by atoms with Gasteiger partial charge in [-0.2, -0.15) is 0 Å². The predicted octanol–water partition coefficient (Wildman–Crippen LogP) is 2.01. The number of alkyl halides is 3. The number of rotatable bonds is 3. The second kappa shape index (κ2) is 5.14. The third-order valence-corrected chi connectivity index (χ3v) is 3.04. The molecule has 1 aromatic carbocycles. The molecule has 9 heteroatoms. The van der Waals surface area contributed by atoms with Crippen LogP contribution in [0.5, 0.6) is 0 Å². The van der Waals surface area contributed by atoms with Crippen LogP contribution >= 0.6 is 0 Å². The summed E-state index contributed by atoms with van der Waals surface area (Å²) < 4.78 is 59.2. The third-order valence-electron chi connectivity index (χ3n) is 1.52. The van der Waals surface area contributed by atoms with E-state index in [9.17, 15) is 21.6 Å². The van der Waals surface area contributed by atoms with E-state index in [4.69, 9.17) is 0 Å². The normalized spacial score (nSPS) is 12.9. The second-order valence-corrected chi connectivity index (χ2v) is 5.09. The van der Waals surface area contributed by atoms with Crippen LogP contribution in [0, 0.1) is 0 Å². The van der Waals surface area contributed by atoms with Crippen LogP contribution < -0.4 is 0 Å². The van der Waals surface area contributed by atoms with Gasteiger partial charge in [0.1, 0.15) is 0 Å². The van der Waals surface area contributed by atoms with Crippen molar-refractivity contribution in [1.82, 2.24) is 0 Å². The molecule has 4 nitrogen and oxygen atoms in total. The Hall–Kier alpha value is -0.947. The molecule has 0 radical (unpaired) electrons. The fraction of sp³-hybridized carbons (Fsp3) is 0.125. The molecule has 0 fully saturated rings. The zero-order valence-corrected chi connectivity index (χ0v) is 10.4. The van der Waals surface area contributed by atoms with Crippen molar-refractivity contribution in [1.29, 1.82) is 0 Å². The minimum atomic E-state index is -5.58. The summed E-state index contributed by atoms with van der Waals surface area (Å²) in [5, 5.41) is 3.02. The summed E-state index contributed by atoms with van der Waals surface area (Å²) >= 11 is 2.22. The Labute approximate surface area is 105 Å². The van der Waals surface area contributed by atoms with Crippen LogP contribution in [0.3, 0.4) is 0 Å². The molecule has 17 heavy (non-hydrogen) atoms. The number of halogens is 3. The van der Waals surface area contributed by atoms with E-state index in [1.165, 1.54) is 0 Å². The van der Waals surface area contributed by atoms with Gasteiger partial charge >= 0.3 is 105 Å². The quantitative estimate of drug-likeness (QED) is 0.617. The van der Waals surface area contributed by atoms with Crippen LogP contribution in [0.25, 0.3) is 0 Å². The van der Waals surface area contributed by atoms with Crippen molar-refractivity contribution in [2.24, 2.45) is 9.63 Å². The van der Waals surface area contributed by atoms with Crippen molar-refractivity contribution in [3.63, 3.8) is 0 Å². The molecule has 1 rings (SSSR count). The standard InChI is InChI=1S/C8H5F3N2O2S.Rh/c9-8(10,11)16(14,15)13-12-6-7-4-2-1-3-5-7;/h1-5H;. The van der Waals surface area contributed by atoms with Crippen molar-refractivity contribution >= 4 is 14.3 Å². The Balaban J connectivity index is 2.91. The molecule has 0 aliphatic carbocycles. The van der Waals surface area contributed by atoms with E-state index >= 15 is 0 Å². The SMILES string of the molecule is O=S(=O)(N=N[C](=[Rh])c1ccccc1)C(F)(F)F. The summed E-state index contributed by atoms with van der Waals surface area (Å²) in [5.74, 6) is 0. The first kappa shape index (κ1) is 14.1. The molecule has 0 saturated carbocycles. The van der Waals surface area contributed by atoms with Gasteiger partial charge in [-0.3, -0.25) is 0 Å². The van der Waals surface area contributed by atoms with Crippen LogP contribution in [-0.2, 0) is 27.9 Å². The topological polar surface area (TPSA) is 58.9 Å². The third kappa shape index (κ3) is 3.78. The average Bonchev–Trinajstić information content (AvgIpc) is 2.25. The zero-order valence-electron chi connectivity index (χ0n) is 7.97. The molecule has 0 bridgehead atoms. The summed E-state index contributed by atoms with van der Waals surface area (Å²) in [4.78, 5) is 0.